The summed E-state index contributed by atoms with van der Waals surface area (Å²) in [5.74, 6) is 0.506. The van der Waals surface area contributed by atoms with Crippen LogP contribution in [-0.4, -0.2) is 48.7 Å². The van der Waals surface area contributed by atoms with Crippen LogP contribution in [-0.2, 0) is 10.2 Å². The lowest BCUT2D eigenvalue weighted by molar-refractivity contribution is -0.122. The van der Waals surface area contributed by atoms with Crippen molar-refractivity contribution < 1.29 is 9.90 Å². The molecule has 4 nitrogen and oxygen atoms in total. The van der Waals surface area contributed by atoms with Crippen LogP contribution in [0.15, 0.2) is 30.3 Å². The van der Waals surface area contributed by atoms with E-state index in [1.807, 2.05) is 18.0 Å². The second-order valence-corrected chi connectivity index (χ2v) is 7.02. The van der Waals surface area contributed by atoms with Crippen molar-refractivity contribution in [1.82, 2.24) is 10.2 Å². The van der Waals surface area contributed by atoms with Gasteiger partial charge in [0, 0.05) is 18.5 Å². The summed E-state index contributed by atoms with van der Waals surface area (Å²) in [6.07, 6.45) is 4.26. The van der Waals surface area contributed by atoms with Crippen LogP contribution in [0.1, 0.15) is 31.2 Å². The fourth-order valence-electron chi connectivity index (χ4n) is 3.09. The summed E-state index contributed by atoms with van der Waals surface area (Å²) in [4.78, 5) is 14.0. The molecule has 2 saturated carbocycles. The molecular weight excluding hydrogens is 276 g/mol. The molecular formula is C18H26N2O2. The van der Waals surface area contributed by atoms with E-state index in [1.165, 1.54) is 5.56 Å². The number of benzene rings is 1. The molecule has 1 unspecified atom stereocenters. The van der Waals surface area contributed by atoms with Gasteiger partial charge in [-0.1, -0.05) is 30.3 Å². The van der Waals surface area contributed by atoms with E-state index < -0.39 is 0 Å². The fourth-order valence-corrected chi connectivity index (χ4v) is 3.09. The lowest BCUT2D eigenvalue weighted by Crippen LogP contribution is -2.41. The number of hydrogen-bond acceptors (Lipinski definition) is 3. The first kappa shape index (κ1) is 15.5. The monoisotopic (exact) mass is 302 g/mol. The van der Waals surface area contributed by atoms with Crippen molar-refractivity contribution in [2.24, 2.45) is 5.92 Å². The Morgan fingerprint density at radius 3 is 2.64 bits per heavy atom. The van der Waals surface area contributed by atoms with Crippen molar-refractivity contribution in [3.63, 3.8) is 0 Å². The molecule has 1 aromatic rings. The van der Waals surface area contributed by atoms with E-state index in [0.29, 0.717) is 19.0 Å². The Morgan fingerprint density at radius 2 is 2.05 bits per heavy atom. The third-order valence-corrected chi connectivity index (χ3v) is 4.94. The molecule has 22 heavy (non-hydrogen) atoms. The molecule has 1 amide bonds. The number of nitrogens with one attached hydrogen (secondary N) is 1. The Hall–Kier alpha value is -1.39. The van der Waals surface area contributed by atoms with Crippen LogP contribution >= 0.6 is 0 Å². The van der Waals surface area contributed by atoms with Crippen LogP contribution in [0.5, 0.6) is 0 Å². The maximum Gasteiger partial charge on any atom is 0.234 e. The smallest absolute Gasteiger partial charge is 0.234 e. The predicted molar refractivity (Wildman–Crippen MR) is 86.6 cm³/mol. The van der Waals surface area contributed by atoms with Gasteiger partial charge >= 0.3 is 0 Å². The molecule has 1 aromatic carbocycles. The Bertz CT molecular complexity index is 509. The van der Waals surface area contributed by atoms with Gasteiger partial charge in [-0.2, -0.15) is 0 Å². The average molecular weight is 302 g/mol. The van der Waals surface area contributed by atoms with Crippen molar-refractivity contribution in [3.05, 3.63) is 35.9 Å². The highest BCUT2D eigenvalue weighted by Crippen LogP contribution is 2.47. The van der Waals surface area contributed by atoms with E-state index >= 15 is 0 Å². The normalized spacial score (nSPS) is 20.7. The van der Waals surface area contributed by atoms with Crippen molar-refractivity contribution in [1.29, 1.82) is 0 Å². The molecule has 3 rings (SSSR count). The molecule has 0 bridgehead atoms. The molecule has 0 aliphatic heterocycles. The van der Waals surface area contributed by atoms with Crippen molar-refractivity contribution >= 4 is 5.91 Å². The number of nitrogens with zero attached hydrogens (tertiary/aromatic N) is 1. The van der Waals surface area contributed by atoms with E-state index in [0.717, 1.165) is 32.2 Å². The largest absolute Gasteiger partial charge is 0.392 e. The second kappa shape index (κ2) is 6.39. The predicted octanol–water partition coefficient (Wildman–Crippen LogP) is 1.54. The van der Waals surface area contributed by atoms with Crippen LogP contribution in [0.2, 0.25) is 0 Å². The van der Waals surface area contributed by atoms with E-state index in [2.05, 4.69) is 29.6 Å². The third kappa shape index (κ3) is 3.87. The van der Waals surface area contributed by atoms with Crippen LogP contribution in [0, 0.1) is 5.92 Å². The highest BCUT2D eigenvalue weighted by atomic mass is 16.3. The molecule has 2 aliphatic rings. The standard InChI is InChI=1S/C18H26N2O2/c1-20(11-16(21)14-7-8-14)12-17(22)19-13-18(9-10-18)15-5-3-2-4-6-15/h2-6,14,16,21H,7-13H2,1H3,(H,19,22). The number of carbonyl (C=O) groups excluding carboxylic acids is 1. The lowest BCUT2D eigenvalue weighted by Gasteiger charge is -2.21. The first-order valence-corrected chi connectivity index (χ1v) is 8.28. The highest BCUT2D eigenvalue weighted by molar-refractivity contribution is 5.78. The number of carbonyl (C=O) groups is 1. The van der Waals surface area contributed by atoms with Crippen LogP contribution < -0.4 is 5.32 Å². The van der Waals surface area contributed by atoms with E-state index in [9.17, 15) is 9.90 Å². The number of aliphatic hydroxyl groups excluding tert-OH is 1. The summed E-state index contributed by atoms with van der Waals surface area (Å²) in [7, 11) is 1.90. The van der Waals surface area contributed by atoms with E-state index in [-0.39, 0.29) is 17.4 Å². The molecule has 2 aliphatic carbocycles. The van der Waals surface area contributed by atoms with Gasteiger partial charge in [0.25, 0.3) is 0 Å². The van der Waals surface area contributed by atoms with Crippen LogP contribution in [0.25, 0.3) is 0 Å². The van der Waals surface area contributed by atoms with E-state index in [4.69, 9.17) is 0 Å². The van der Waals surface area contributed by atoms with Crippen molar-refractivity contribution in [2.45, 2.75) is 37.2 Å². The number of amides is 1. The second-order valence-electron chi connectivity index (χ2n) is 7.02. The molecule has 0 saturated heterocycles. The molecule has 0 radical (unpaired) electrons. The maximum atomic E-state index is 12.1. The summed E-state index contributed by atoms with van der Waals surface area (Å²) in [5, 5.41) is 13.0. The molecule has 0 spiro atoms. The highest BCUT2D eigenvalue weighted by Gasteiger charge is 2.44. The summed E-state index contributed by atoms with van der Waals surface area (Å²) in [6, 6.07) is 10.4. The molecule has 2 N–H and O–H groups in total. The molecule has 0 aromatic heterocycles. The van der Waals surface area contributed by atoms with Gasteiger partial charge in [-0.3, -0.25) is 9.69 Å². The molecule has 1 atom stereocenters. The van der Waals surface area contributed by atoms with Gasteiger partial charge in [0.05, 0.1) is 12.6 Å². The first-order valence-electron chi connectivity index (χ1n) is 8.28. The molecule has 4 heteroatoms. The minimum absolute atomic E-state index is 0.0488. The third-order valence-electron chi connectivity index (χ3n) is 4.94. The minimum atomic E-state index is -0.281. The van der Waals surface area contributed by atoms with E-state index in [1.54, 1.807) is 0 Å². The number of likely N-dealkylation sites (N-methyl/N-ethyl adjacent to an activating group) is 1. The zero-order valence-corrected chi connectivity index (χ0v) is 13.3. The zero-order valence-electron chi connectivity index (χ0n) is 13.3. The van der Waals surface area contributed by atoms with Gasteiger partial charge in [-0.05, 0) is 44.2 Å². The van der Waals surface area contributed by atoms with Gasteiger partial charge in [0.15, 0.2) is 0 Å². The minimum Gasteiger partial charge on any atom is -0.392 e. The van der Waals surface area contributed by atoms with Crippen molar-refractivity contribution in [2.75, 3.05) is 26.7 Å². The van der Waals surface area contributed by atoms with Gasteiger partial charge in [0.2, 0.25) is 5.91 Å². The maximum absolute atomic E-state index is 12.1. The van der Waals surface area contributed by atoms with Gasteiger partial charge in [-0.15, -0.1) is 0 Å². The summed E-state index contributed by atoms with van der Waals surface area (Å²) < 4.78 is 0. The zero-order chi connectivity index (χ0) is 15.6. The SMILES string of the molecule is CN(CC(=O)NCC1(c2ccccc2)CC1)CC(O)C1CC1. The quantitative estimate of drug-likeness (QED) is 0.766. The number of hydrogen-bond donors (Lipinski definition) is 2. The Labute approximate surface area is 132 Å². The first-order chi connectivity index (χ1) is 10.6. The Balaban J connectivity index is 1.42. The number of rotatable bonds is 8. The topological polar surface area (TPSA) is 52.6 Å². The van der Waals surface area contributed by atoms with Crippen LogP contribution in [0.3, 0.4) is 0 Å². The molecule has 2 fully saturated rings. The average Bonchev–Trinajstić information content (AvgIpc) is 3.40. The fraction of sp³-hybridized carbons (Fsp3) is 0.611. The summed E-state index contributed by atoms with van der Waals surface area (Å²) in [6.45, 7) is 1.66. The van der Waals surface area contributed by atoms with Gasteiger partial charge < -0.3 is 10.4 Å². The summed E-state index contributed by atoms with van der Waals surface area (Å²) >= 11 is 0. The molecule has 0 heterocycles. The number of aliphatic hydroxyl groups is 1. The summed E-state index contributed by atoms with van der Waals surface area (Å²) in [5.41, 5.74) is 1.48. The van der Waals surface area contributed by atoms with Gasteiger partial charge in [-0.25, -0.2) is 0 Å². The van der Waals surface area contributed by atoms with Crippen molar-refractivity contribution in [3.8, 4) is 0 Å². The lowest BCUT2D eigenvalue weighted by atomic mass is 9.96. The Morgan fingerprint density at radius 1 is 1.36 bits per heavy atom. The van der Waals surface area contributed by atoms with Gasteiger partial charge in [0.1, 0.15) is 0 Å². The van der Waals surface area contributed by atoms with Crippen LogP contribution in [0.4, 0.5) is 0 Å². The Kier molecular flexibility index (Phi) is 4.50. The molecule has 120 valence electrons.